The molecule has 1 aliphatic rings. The zero-order valence-corrected chi connectivity index (χ0v) is 22.2. The normalized spacial score (nSPS) is 11.7. The molecule has 0 aliphatic carbocycles. The van der Waals surface area contributed by atoms with Gasteiger partial charge in [-0.1, -0.05) is 41.6 Å². The minimum absolute atomic E-state index is 0.109. The van der Waals surface area contributed by atoms with Crippen LogP contribution in [-0.4, -0.2) is 49.4 Å². The Labute approximate surface area is 231 Å². The van der Waals surface area contributed by atoms with Gasteiger partial charge in [0, 0.05) is 32.1 Å². The number of nitrogens with one attached hydrogen (secondary N) is 1. The minimum Gasteiger partial charge on any atom is -0.497 e. The lowest BCUT2D eigenvalue weighted by Crippen LogP contribution is -2.35. The van der Waals surface area contributed by atoms with E-state index in [-0.39, 0.29) is 37.3 Å². The van der Waals surface area contributed by atoms with Crippen molar-refractivity contribution in [1.82, 2.24) is 15.4 Å². The van der Waals surface area contributed by atoms with Gasteiger partial charge in [-0.05, 0) is 41.5 Å². The third-order valence-electron chi connectivity index (χ3n) is 6.44. The van der Waals surface area contributed by atoms with Crippen LogP contribution in [0.25, 0.3) is 11.3 Å². The first-order chi connectivity index (χ1) is 19.5. The Hall–Kier alpha value is -4.99. The second-order valence-corrected chi connectivity index (χ2v) is 9.07. The van der Waals surface area contributed by atoms with Crippen molar-refractivity contribution < 1.29 is 33.1 Å². The fourth-order valence-corrected chi connectivity index (χ4v) is 4.30. The van der Waals surface area contributed by atoms with Crippen LogP contribution >= 0.6 is 0 Å². The molecule has 0 unspecified atom stereocenters. The molecule has 1 aromatic heterocycles. The summed E-state index contributed by atoms with van der Waals surface area (Å²) in [5, 5.41) is 6.94. The lowest BCUT2D eigenvalue weighted by atomic mass is 10.1. The molecule has 10 heteroatoms. The second kappa shape index (κ2) is 12.2. The molecule has 1 N–H and O–H groups in total. The highest BCUT2D eigenvalue weighted by atomic mass is 16.7. The van der Waals surface area contributed by atoms with E-state index in [9.17, 15) is 9.59 Å². The van der Waals surface area contributed by atoms with Gasteiger partial charge in [-0.15, -0.1) is 0 Å². The Kier molecular flexibility index (Phi) is 8.15. The standard InChI is InChI=1S/C30H29N3O7/c1-36-22-9-11-25(37-2)23(15-22)27-16-24(32-40-27)30(35)33(18-20-6-4-3-5-7-20)13-12-29(34)31-17-21-8-10-26-28(14-21)39-19-38-26/h3-11,14-16H,12-13,17-19H2,1-2H3,(H,31,34). The average Bonchev–Trinajstić information content (AvgIpc) is 3.68. The van der Waals surface area contributed by atoms with Crippen LogP contribution in [0.4, 0.5) is 0 Å². The summed E-state index contributed by atoms with van der Waals surface area (Å²) in [7, 11) is 3.11. The fourth-order valence-electron chi connectivity index (χ4n) is 4.30. The summed E-state index contributed by atoms with van der Waals surface area (Å²) in [6.07, 6.45) is 0.109. The van der Waals surface area contributed by atoms with Gasteiger partial charge < -0.3 is 33.7 Å². The van der Waals surface area contributed by atoms with Gasteiger partial charge in [0.15, 0.2) is 23.0 Å². The molecule has 3 aromatic carbocycles. The molecule has 0 fully saturated rings. The number of nitrogens with zero attached hydrogens (tertiary/aromatic N) is 2. The highest BCUT2D eigenvalue weighted by Crippen LogP contribution is 2.34. The molecule has 10 nitrogen and oxygen atoms in total. The first-order valence-corrected chi connectivity index (χ1v) is 12.7. The summed E-state index contributed by atoms with van der Waals surface area (Å²) in [5.41, 5.74) is 2.54. The molecule has 2 heterocycles. The first-order valence-electron chi connectivity index (χ1n) is 12.7. The lowest BCUT2D eigenvalue weighted by Gasteiger charge is -2.21. The van der Waals surface area contributed by atoms with Crippen LogP contribution < -0.4 is 24.3 Å². The molecule has 4 aromatic rings. The molecule has 0 spiro atoms. The van der Waals surface area contributed by atoms with Gasteiger partial charge in [-0.3, -0.25) is 9.59 Å². The van der Waals surface area contributed by atoms with Crippen molar-refractivity contribution in [2.45, 2.75) is 19.5 Å². The number of amides is 2. The predicted molar refractivity (Wildman–Crippen MR) is 145 cm³/mol. The van der Waals surface area contributed by atoms with E-state index in [1.165, 1.54) is 0 Å². The Bertz CT molecular complexity index is 1490. The van der Waals surface area contributed by atoms with Crippen LogP contribution in [0.2, 0.25) is 0 Å². The van der Waals surface area contributed by atoms with Crippen molar-refractivity contribution in [3.05, 3.63) is 89.6 Å². The number of ether oxygens (including phenoxy) is 4. The largest absolute Gasteiger partial charge is 0.497 e. The highest BCUT2D eigenvalue weighted by Gasteiger charge is 2.23. The van der Waals surface area contributed by atoms with Crippen LogP contribution in [0.15, 0.2) is 77.3 Å². The molecule has 2 amide bonds. The van der Waals surface area contributed by atoms with E-state index in [1.54, 1.807) is 43.4 Å². The van der Waals surface area contributed by atoms with Crippen LogP contribution in [0.1, 0.15) is 28.0 Å². The molecule has 0 atom stereocenters. The first kappa shape index (κ1) is 26.6. The Balaban J connectivity index is 1.28. The van der Waals surface area contributed by atoms with E-state index in [0.717, 1.165) is 11.1 Å². The molecule has 206 valence electrons. The van der Waals surface area contributed by atoms with Crippen molar-refractivity contribution in [2.24, 2.45) is 0 Å². The summed E-state index contributed by atoms with van der Waals surface area (Å²) < 4.78 is 27.0. The maximum absolute atomic E-state index is 13.6. The Morgan fingerprint density at radius 3 is 2.55 bits per heavy atom. The maximum atomic E-state index is 13.6. The molecule has 0 saturated carbocycles. The molecule has 40 heavy (non-hydrogen) atoms. The number of methoxy groups -OCH3 is 2. The number of fused-ring (bicyclic) bond motifs is 1. The van der Waals surface area contributed by atoms with E-state index in [2.05, 4.69) is 10.5 Å². The van der Waals surface area contributed by atoms with Gasteiger partial charge in [0.2, 0.25) is 12.7 Å². The molecule has 0 saturated heterocycles. The van der Waals surface area contributed by atoms with Crippen LogP contribution in [-0.2, 0) is 17.9 Å². The summed E-state index contributed by atoms with van der Waals surface area (Å²) in [4.78, 5) is 27.9. The average molecular weight is 544 g/mol. The number of hydrogen-bond donors (Lipinski definition) is 1. The van der Waals surface area contributed by atoms with Crippen molar-refractivity contribution in [3.8, 4) is 34.3 Å². The highest BCUT2D eigenvalue weighted by molar-refractivity contribution is 5.93. The van der Waals surface area contributed by atoms with E-state index < -0.39 is 0 Å². The lowest BCUT2D eigenvalue weighted by molar-refractivity contribution is -0.121. The second-order valence-electron chi connectivity index (χ2n) is 9.07. The Morgan fingerprint density at radius 1 is 0.925 bits per heavy atom. The number of benzene rings is 3. The van der Waals surface area contributed by atoms with E-state index >= 15 is 0 Å². The third kappa shape index (κ3) is 6.17. The molecule has 5 rings (SSSR count). The number of rotatable bonds is 11. The monoisotopic (exact) mass is 543 g/mol. The molecule has 1 aliphatic heterocycles. The fraction of sp³-hybridized carbons (Fsp3) is 0.233. The summed E-state index contributed by atoms with van der Waals surface area (Å²) in [5.74, 6) is 2.32. The van der Waals surface area contributed by atoms with Gasteiger partial charge >= 0.3 is 0 Å². The molecular formula is C30H29N3O7. The maximum Gasteiger partial charge on any atom is 0.276 e. The third-order valence-corrected chi connectivity index (χ3v) is 6.44. The topological polar surface area (TPSA) is 112 Å². The summed E-state index contributed by atoms with van der Waals surface area (Å²) in [6.45, 7) is 1.01. The number of carbonyl (C=O) groups excluding carboxylic acids is 2. The van der Waals surface area contributed by atoms with Crippen molar-refractivity contribution in [3.63, 3.8) is 0 Å². The van der Waals surface area contributed by atoms with E-state index in [0.29, 0.717) is 47.4 Å². The molecule has 0 bridgehead atoms. The number of hydrogen-bond acceptors (Lipinski definition) is 8. The Morgan fingerprint density at radius 2 is 1.75 bits per heavy atom. The van der Waals surface area contributed by atoms with E-state index in [4.69, 9.17) is 23.5 Å². The number of carbonyl (C=O) groups is 2. The SMILES string of the molecule is COc1ccc(OC)c(-c2cc(C(=O)N(CCC(=O)NCc3ccc4c(c3)OCO4)Cc3ccccc3)no2)c1. The van der Waals surface area contributed by atoms with Gasteiger partial charge in [0.1, 0.15) is 11.5 Å². The zero-order valence-electron chi connectivity index (χ0n) is 22.2. The molecular weight excluding hydrogens is 514 g/mol. The van der Waals surface area contributed by atoms with Crippen molar-refractivity contribution in [1.29, 1.82) is 0 Å². The van der Waals surface area contributed by atoms with E-state index in [1.807, 2.05) is 48.5 Å². The zero-order chi connectivity index (χ0) is 27.9. The quantitative estimate of drug-likeness (QED) is 0.296. The molecule has 0 radical (unpaired) electrons. The summed E-state index contributed by atoms with van der Waals surface area (Å²) in [6, 6.07) is 21.9. The summed E-state index contributed by atoms with van der Waals surface area (Å²) >= 11 is 0. The van der Waals surface area contributed by atoms with Crippen molar-refractivity contribution >= 4 is 11.8 Å². The van der Waals surface area contributed by atoms with Crippen LogP contribution in [0.3, 0.4) is 0 Å². The minimum atomic E-state index is -0.357. The van der Waals surface area contributed by atoms with Gasteiger partial charge in [0.25, 0.3) is 5.91 Å². The van der Waals surface area contributed by atoms with Gasteiger partial charge in [-0.2, -0.15) is 0 Å². The van der Waals surface area contributed by atoms with Crippen LogP contribution in [0.5, 0.6) is 23.0 Å². The van der Waals surface area contributed by atoms with Crippen molar-refractivity contribution in [2.75, 3.05) is 27.6 Å². The van der Waals surface area contributed by atoms with Crippen LogP contribution in [0, 0.1) is 0 Å². The smallest absolute Gasteiger partial charge is 0.276 e. The van der Waals surface area contributed by atoms with Gasteiger partial charge in [0.05, 0.1) is 19.8 Å². The number of aromatic nitrogens is 1. The predicted octanol–water partition coefficient (Wildman–Crippen LogP) is 4.44. The van der Waals surface area contributed by atoms with Gasteiger partial charge in [-0.25, -0.2) is 0 Å².